The number of amides is 4. The molecule has 2 aromatic carbocycles. The summed E-state index contributed by atoms with van der Waals surface area (Å²) < 4.78 is 0. The zero-order valence-corrected chi connectivity index (χ0v) is 18.0. The van der Waals surface area contributed by atoms with Gasteiger partial charge in [0, 0.05) is 13.1 Å². The minimum Gasteiger partial charge on any atom is -0.508 e. The van der Waals surface area contributed by atoms with Gasteiger partial charge in [0.25, 0.3) is 11.8 Å². The second kappa shape index (κ2) is 10.3. The summed E-state index contributed by atoms with van der Waals surface area (Å²) in [6, 6.07) is 15.9. The predicted molar refractivity (Wildman–Crippen MR) is 124 cm³/mol. The number of hydrogen-bond acceptors (Lipinski definition) is 5. The van der Waals surface area contributed by atoms with Crippen LogP contribution in [0, 0.1) is 0 Å². The molecule has 0 spiro atoms. The minimum absolute atomic E-state index is 0.277. The molecule has 3 rings (SSSR count). The number of rotatable bonds is 7. The number of anilines is 2. The number of nitrogens with zero attached hydrogens (tertiary/aromatic N) is 3. The molecule has 1 saturated heterocycles. The summed E-state index contributed by atoms with van der Waals surface area (Å²) in [5.41, 5.74) is 0.334. The van der Waals surface area contributed by atoms with Crippen LogP contribution < -0.4 is 9.80 Å². The number of carbonyl (C=O) groups is 3. The first-order chi connectivity index (χ1) is 15.5. The van der Waals surface area contributed by atoms with Crippen LogP contribution in [0.4, 0.5) is 16.2 Å². The molecule has 1 N–H and O–H groups in total. The first kappa shape index (κ1) is 22.6. The second-order valence-electron chi connectivity index (χ2n) is 6.95. The molecule has 7 nitrogen and oxygen atoms in total. The Morgan fingerprint density at radius 2 is 1.31 bits per heavy atom. The highest BCUT2D eigenvalue weighted by Crippen LogP contribution is 2.28. The molecular formula is C25H25N3O4. The molecule has 2 aromatic rings. The van der Waals surface area contributed by atoms with Crippen molar-refractivity contribution < 1.29 is 19.5 Å². The van der Waals surface area contributed by atoms with E-state index in [0.29, 0.717) is 11.4 Å². The topological polar surface area (TPSA) is 81.2 Å². The Morgan fingerprint density at radius 1 is 0.844 bits per heavy atom. The predicted octanol–water partition coefficient (Wildman–Crippen LogP) is 4.41. The number of barbiturate groups is 1. The average molecular weight is 431 g/mol. The third-order valence-electron chi connectivity index (χ3n) is 4.95. The van der Waals surface area contributed by atoms with Gasteiger partial charge in [-0.25, -0.2) is 14.6 Å². The van der Waals surface area contributed by atoms with E-state index in [-0.39, 0.29) is 11.3 Å². The fourth-order valence-electron chi connectivity index (χ4n) is 3.23. The monoisotopic (exact) mass is 431 g/mol. The molecule has 4 amide bonds. The molecule has 0 bridgehead atoms. The van der Waals surface area contributed by atoms with Gasteiger partial charge in [-0.05, 0) is 62.5 Å². The summed E-state index contributed by atoms with van der Waals surface area (Å²) in [4.78, 5) is 43.4. The maximum Gasteiger partial charge on any atom is 0.343 e. The maximum atomic E-state index is 13.2. The van der Waals surface area contributed by atoms with E-state index in [9.17, 15) is 19.5 Å². The number of aliphatic hydroxyl groups excluding tert-OH is 1. The van der Waals surface area contributed by atoms with Gasteiger partial charge in [-0.2, -0.15) is 0 Å². The Bertz CT molecular complexity index is 1010. The lowest BCUT2D eigenvalue weighted by Gasteiger charge is -2.33. The molecule has 32 heavy (non-hydrogen) atoms. The molecule has 1 heterocycles. The van der Waals surface area contributed by atoms with Crippen molar-refractivity contribution in [3.63, 3.8) is 0 Å². The molecular weight excluding hydrogens is 406 g/mol. The van der Waals surface area contributed by atoms with Crippen molar-refractivity contribution in [2.24, 2.45) is 0 Å². The summed E-state index contributed by atoms with van der Waals surface area (Å²) >= 11 is 0. The number of aliphatic hydroxyl groups is 1. The molecule has 164 valence electrons. The molecule has 1 fully saturated rings. The van der Waals surface area contributed by atoms with Crippen molar-refractivity contribution in [1.29, 1.82) is 0 Å². The number of imide groups is 2. The smallest absolute Gasteiger partial charge is 0.343 e. The third-order valence-corrected chi connectivity index (χ3v) is 4.95. The van der Waals surface area contributed by atoms with E-state index in [4.69, 9.17) is 0 Å². The maximum absolute atomic E-state index is 13.2. The fourth-order valence-corrected chi connectivity index (χ4v) is 3.23. The van der Waals surface area contributed by atoms with Gasteiger partial charge in [-0.1, -0.05) is 36.4 Å². The lowest BCUT2D eigenvalue weighted by molar-refractivity contribution is -0.121. The molecule has 1 aliphatic heterocycles. The van der Waals surface area contributed by atoms with Gasteiger partial charge >= 0.3 is 6.03 Å². The quantitative estimate of drug-likeness (QED) is 0.304. The van der Waals surface area contributed by atoms with Gasteiger partial charge in [-0.15, -0.1) is 0 Å². The van der Waals surface area contributed by atoms with Crippen LogP contribution in [0.5, 0.6) is 0 Å². The highest BCUT2D eigenvalue weighted by Gasteiger charge is 2.43. The lowest BCUT2D eigenvalue weighted by Crippen LogP contribution is -2.57. The summed E-state index contributed by atoms with van der Waals surface area (Å²) in [5, 5.41) is 10.4. The zero-order valence-electron chi connectivity index (χ0n) is 18.0. The Morgan fingerprint density at radius 3 is 1.75 bits per heavy atom. The number of carbonyl (C=O) groups excluding carboxylic acids is 3. The van der Waals surface area contributed by atoms with Gasteiger partial charge in [-0.3, -0.25) is 9.59 Å². The van der Waals surface area contributed by atoms with Crippen molar-refractivity contribution in [2.75, 3.05) is 22.9 Å². The summed E-state index contributed by atoms with van der Waals surface area (Å²) in [5.74, 6) is -1.88. The van der Waals surface area contributed by atoms with Gasteiger partial charge in [0.15, 0.2) is 0 Å². The van der Waals surface area contributed by atoms with Gasteiger partial charge in [0.1, 0.15) is 11.3 Å². The van der Waals surface area contributed by atoms with Crippen LogP contribution in [0.2, 0.25) is 0 Å². The van der Waals surface area contributed by atoms with Crippen LogP contribution in [-0.4, -0.2) is 40.9 Å². The normalized spacial score (nSPS) is 15.0. The average Bonchev–Trinajstić information content (AvgIpc) is 2.81. The third kappa shape index (κ3) is 4.78. The van der Waals surface area contributed by atoms with Crippen molar-refractivity contribution in [1.82, 2.24) is 4.90 Å². The molecule has 1 aliphatic rings. The zero-order chi connectivity index (χ0) is 23.1. The van der Waals surface area contributed by atoms with Crippen LogP contribution in [0.3, 0.4) is 0 Å². The van der Waals surface area contributed by atoms with Gasteiger partial charge in [0.2, 0.25) is 0 Å². The minimum atomic E-state index is -0.800. The molecule has 0 atom stereocenters. The van der Waals surface area contributed by atoms with Crippen LogP contribution >= 0.6 is 0 Å². The summed E-state index contributed by atoms with van der Waals surface area (Å²) in [6.45, 7) is 5.62. The van der Waals surface area contributed by atoms with Crippen molar-refractivity contribution in [3.05, 3.63) is 96.4 Å². The highest BCUT2D eigenvalue weighted by atomic mass is 16.3. The first-order valence-corrected chi connectivity index (χ1v) is 10.3. The number of hydrogen-bond donors (Lipinski definition) is 1. The van der Waals surface area contributed by atoms with E-state index in [2.05, 4.69) is 0 Å². The number of benzene rings is 2. The van der Waals surface area contributed by atoms with E-state index >= 15 is 0 Å². The van der Waals surface area contributed by atoms with Crippen LogP contribution in [0.25, 0.3) is 0 Å². The Kier molecular flexibility index (Phi) is 7.23. The van der Waals surface area contributed by atoms with Crippen LogP contribution in [0.1, 0.15) is 13.8 Å². The van der Waals surface area contributed by atoms with Gasteiger partial charge < -0.3 is 10.0 Å². The number of allylic oxidation sites excluding steroid dienone is 3. The van der Waals surface area contributed by atoms with E-state index in [1.54, 1.807) is 72.9 Å². The largest absolute Gasteiger partial charge is 0.508 e. The molecule has 0 unspecified atom stereocenters. The summed E-state index contributed by atoms with van der Waals surface area (Å²) in [7, 11) is 0. The SMILES string of the molecule is CCN(/C=C/C=C(\O)C=C1C(=O)N(c2ccccc2)C(=O)N(c2ccccc2)C1=O)CC. The Labute approximate surface area is 187 Å². The van der Waals surface area contributed by atoms with E-state index in [0.717, 1.165) is 29.0 Å². The van der Waals surface area contributed by atoms with E-state index in [1.165, 1.54) is 6.08 Å². The standard InChI is InChI=1S/C25H25N3O4/c1-3-26(4-2)17-11-16-21(29)18-22-23(30)27(19-12-7-5-8-13-19)25(32)28(24(22)31)20-14-9-6-10-15-20/h5-18,29H,3-4H2,1-2H3/b17-11+,21-16-. The Balaban J connectivity index is 2.04. The number of para-hydroxylation sites is 2. The van der Waals surface area contributed by atoms with Crippen molar-refractivity contribution in [3.8, 4) is 0 Å². The molecule has 0 aliphatic carbocycles. The number of urea groups is 1. The van der Waals surface area contributed by atoms with E-state index in [1.807, 2.05) is 18.7 Å². The first-order valence-electron chi connectivity index (χ1n) is 10.3. The molecule has 0 aromatic heterocycles. The lowest BCUT2D eigenvalue weighted by atomic mass is 10.1. The van der Waals surface area contributed by atoms with Crippen LogP contribution in [0.15, 0.2) is 96.4 Å². The Hall–Kier alpha value is -4.13. The molecule has 0 radical (unpaired) electrons. The molecule has 0 saturated carbocycles. The van der Waals surface area contributed by atoms with Crippen molar-refractivity contribution in [2.45, 2.75) is 13.8 Å². The summed E-state index contributed by atoms with van der Waals surface area (Å²) in [6.07, 6.45) is 5.92. The highest BCUT2D eigenvalue weighted by molar-refractivity contribution is 6.45. The van der Waals surface area contributed by atoms with Crippen molar-refractivity contribution >= 4 is 29.2 Å². The van der Waals surface area contributed by atoms with Gasteiger partial charge in [0.05, 0.1) is 11.4 Å². The fraction of sp³-hybridized carbons (Fsp3) is 0.160. The van der Waals surface area contributed by atoms with Crippen LogP contribution in [-0.2, 0) is 9.59 Å². The van der Waals surface area contributed by atoms with E-state index < -0.39 is 17.8 Å². The second-order valence-corrected chi connectivity index (χ2v) is 6.95. The molecule has 7 heteroatoms.